The molecule has 0 bridgehead atoms. The second-order valence-corrected chi connectivity index (χ2v) is 10.1. The predicted molar refractivity (Wildman–Crippen MR) is 141 cm³/mol. The van der Waals surface area contributed by atoms with Gasteiger partial charge in [0.15, 0.2) is 0 Å². The van der Waals surface area contributed by atoms with Crippen molar-refractivity contribution in [2.45, 2.75) is 33.0 Å². The Hall–Kier alpha value is -3.14. The van der Waals surface area contributed by atoms with Crippen molar-refractivity contribution in [3.05, 3.63) is 59.7 Å². The number of hydrazine groups is 1. The number of anilines is 1. The largest absolute Gasteiger partial charge is 0.489 e. The van der Waals surface area contributed by atoms with Crippen LogP contribution in [0.3, 0.4) is 0 Å². The van der Waals surface area contributed by atoms with Gasteiger partial charge in [-0.05, 0) is 37.1 Å². The smallest absolute Gasteiger partial charge is 0.342 e. The molecule has 3 amide bonds. The Kier molecular flexibility index (Phi) is 7.93. The normalized spacial score (nSPS) is 19.8. The fraction of sp³-hybridized carbons (Fsp3) is 0.500. The van der Waals surface area contributed by atoms with Gasteiger partial charge >= 0.3 is 6.03 Å². The van der Waals surface area contributed by atoms with E-state index < -0.39 is 0 Å². The summed E-state index contributed by atoms with van der Waals surface area (Å²) in [5.41, 5.74) is 3.32. The minimum atomic E-state index is -0.241. The number of ether oxygens (including phenoxy) is 2. The Bertz CT molecular complexity index is 1100. The molecule has 0 spiro atoms. The van der Waals surface area contributed by atoms with Crippen molar-refractivity contribution in [2.24, 2.45) is 0 Å². The highest BCUT2D eigenvalue weighted by atomic mass is 16.5. The average molecular weight is 508 g/mol. The summed E-state index contributed by atoms with van der Waals surface area (Å²) < 4.78 is 11.4. The van der Waals surface area contributed by atoms with Crippen molar-refractivity contribution < 1.29 is 19.1 Å². The quantitative estimate of drug-likeness (QED) is 0.509. The van der Waals surface area contributed by atoms with Gasteiger partial charge in [0.25, 0.3) is 5.91 Å². The second-order valence-electron chi connectivity index (χ2n) is 10.1. The van der Waals surface area contributed by atoms with Crippen LogP contribution in [0, 0.1) is 0 Å². The van der Waals surface area contributed by atoms with Gasteiger partial charge in [0.1, 0.15) is 12.3 Å². The van der Waals surface area contributed by atoms with Gasteiger partial charge in [-0.1, -0.05) is 36.4 Å². The first kappa shape index (κ1) is 25.5. The minimum absolute atomic E-state index is 0.105. The van der Waals surface area contributed by atoms with Crippen molar-refractivity contribution in [3.8, 4) is 5.75 Å². The summed E-state index contributed by atoms with van der Waals surface area (Å²) in [7, 11) is 0. The molecule has 0 saturated carbocycles. The van der Waals surface area contributed by atoms with Gasteiger partial charge in [-0.3, -0.25) is 14.6 Å². The van der Waals surface area contributed by atoms with E-state index >= 15 is 0 Å². The van der Waals surface area contributed by atoms with E-state index in [1.54, 1.807) is 5.01 Å². The van der Waals surface area contributed by atoms with Crippen LogP contribution in [0.25, 0.3) is 0 Å². The van der Waals surface area contributed by atoms with E-state index in [1.807, 2.05) is 29.3 Å². The molecule has 0 aliphatic carbocycles. The molecule has 2 aromatic carbocycles. The lowest BCUT2D eigenvalue weighted by Gasteiger charge is -2.37. The maximum absolute atomic E-state index is 13.0. The van der Waals surface area contributed by atoms with Crippen molar-refractivity contribution in [1.82, 2.24) is 19.8 Å². The zero-order valence-corrected chi connectivity index (χ0v) is 21.8. The third-order valence-corrected chi connectivity index (χ3v) is 7.05. The number of hydrogen-bond donors (Lipinski definition) is 0. The molecule has 9 heteroatoms. The highest BCUT2D eigenvalue weighted by Gasteiger charge is 2.39. The molecular weight excluding hydrogens is 470 g/mol. The zero-order chi connectivity index (χ0) is 25.8. The summed E-state index contributed by atoms with van der Waals surface area (Å²) >= 11 is 0. The van der Waals surface area contributed by atoms with Crippen molar-refractivity contribution in [3.63, 3.8) is 0 Å². The predicted octanol–water partition coefficient (Wildman–Crippen LogP) is 2.81. The maximum Gasteiger partial charge on any atom is 0.342 e. The first-order valence-electron chi connectivity index (χ1n) is 13.2. The monoisotopic (exact) mass is 507 g/mol. The summed E-state index contributed by atoms with van der Waals surface area (Å²) in [4.78, 5) is 31.9. The van der Waals surface area contributed by atoms with Gasteiger partial charge in [-0.2, -0.15) is 0 Å². The van der Waals surface area contributed by atoms with E-state index in [4.69, 9.17) is 9.47 Å². The lowest BCUT2D eigenvalue weighted by Crippen LogP contribution is -2.50. The van der Waals surface area contributed by atoms with Crippen molar-refractivity contribution in [1.29, 1.82) is 0 Å². The number of carbonyl (C=O) groups excluding carboxylic acids is 2. The summed E-state index contributed by atoms with van der Waals surface area (Å²) in [6.07, 6.45) is 0.142. The van der Waals surface area contributed by atoms with Crippen LogP contribution in [0.2, 0.25) is 0 Å². The van der Waals surface area contributed by atoms with Crippen molar-refractivity contribution in [2.75, 3.05) is 63.9 Å². The lowest BCUT2D eigenvalue weighted by molar-refractivity contribution is -0.127. The van der Waals surface area contributed by atoms with Gasteiger partial charge in [0, 0.05) is 45.8 Å². The SMILES string of the molecule is CC(C)Oc1ccccc1N1CCN(Cc2cccc(CN3C(=O)CN(N4CCOCC4)C3=O)c2)CC1. The summed E-state index contributed by atoms with van der Waals surface area (Å²) in [6, 6.07) is 16.3. The molecule has 0 unspecified atom stereocenters. The number of benzene rings is 2. The lowest BCUT2D eigenvalue weighted by atomic mass is 10.1. The first-order valence-corrected chi connectivity index (χ1v) is 13.2. The number of rotatable bonds is 8. The number of morpholine rings is 1. The molecule has 3 fully saturated rings. The molecule has 3 heterocycles. The molecule has 3 aliphatic heterocycles. The van der Waals surface area contributed by atoms with E-state index in [0.29, 0.717) is 32.8 Å². The Morgan fingerprint density at radius 3 is 2.30 bits per heavy atom. The fourth-order valence-corrected chi connectivity index (χ4v) is 5.19. The molecule has 0 atom stereocenters. The van der Waals surface area contributed by atoms with Gasteiger partial charge in [-0.15, -0.1) is 0 Å². The molecule has 0 N–H and O–H groups in total. The molecule has 0 aromatic heterocycles. The molecule has 2 aromatic rings. The second kappa shape index (κ2) is 11.5. The molecule has 3 aliphatic rings. The van der Waals surface area contributed by atoms with E-state index in [1.165, 1.54) is 10.5 Å². The number of imide groups is 1. The van der Waals surface area contributed by atoms with Crippen molar-refractivity contribution >= 4 is 17.6 Å². The maximum atomic E-state index is 13.0. The van der Waals surface area contributed by atoms with Gasteiger partial charge in [0.2, 0.25) is 0 Å². The van der Waals surface area contributed by atoms with Crippen LogP contribution < -0.4 is 9.64 Å². The Labute approximate surface area is 219 Å². The number of carbonyl (C=O) groups is 2. The van der Waals surface area contributed by atoms with Crippen LogP contribution in [0.1, 0.15) is 25.0 Å². The number of nitrogens with zero attached hydrogens (tertiary/aromatic N) is 5. The third-order valence-electron chi connectivity index (χ3n) is 7.05. The minimum Gasteiger partial charge on any atom is -0.489 e. The third kappa shape index (κ3) is 6.06. The van der Waals surface area contributed by atoms with Crippen LogP contribution in [0.5, 0.6) is 5.75 Å². The first-order chi connectivity index (χ1) is 18.0. The molecule has 3 saturated heterocycles. The molecule has 9 nitrogen and oxygen atoms in total. The highest BCUT2D eigenvalue weighted by molar-refractivity contribution is 6.01. The zero-order valence-electron chi connectivity index (χ0n) is 21.8. The Morgan fingerprint density at radius 2 is 1.57 bits per heavy atom. The number of urea groups is 1. The van der Waals surface area contributed by atoms with E-state index in [9.17, 15) is 9.59 Å². The summed E-state index contributed by atoms with van der Waals surface area (Å²) in [6.45, 7) is 11.6. The number of piperazine rings is 1. The Balaban J connectivity index is 1.16. The highest BCUT2D eigenvalue weighted by Crippen LogP contribution is 2.30. The molecule has 198 valence electrons. The van der Waals surface area contributed by atoms with E-state index in [2.05, 4.69) is 47.9 Å². The van der Waals surface area contributed by atoms with Gasteiger partial charge in [-0.25, -0.2) is 14.8 Å². The number of para-hydroxylation sites is 2. The van der Waals surface area contributed by atoms with Crippen LogP contribution >= 0.6 is 0 Å². The average Bonchev–Trinajstić information content (AvgIpc) is 3.18. The molecule has 5 rings (SSSR count). The van der Waals surface area contributed by atoms with Crippen LogP contribution in [-0.2, 0) is 22.6 Å². The standard InChI is InChI=1S/C28H37N5O4/c1-22(2)37-26-9-4-3-8-25(26)30-12-10-29(11-13-30)19-23-6-5-7-24(18-23)20-32-27(34)21-33(28(32)35)31-14-16-36-17-15-31/h3-9,18,22H,10-17,19-21H2,1-2H3. The molecular formula is C28H37N5O4. The van der Waals surface area contributed by atoms with Crippen LogP contribution in [-0.4, -0.2) is 96.9 Å². The number of amides is 3. The molecule has 37 heavy (non-hydrogen) atoms. The van der Waals surface area contributed by atoms with Crippen LogP contribution in [0.15, 0.2) is 48.5 Å². The van der Waals surface area contributed by atoms with Gasteiger partial charge in [0.05, 0.1) is 31.5 Å². The number of hydrogen-bond acceptors (Lipinski definition) is 7. The van der Waals surface area contributed by atoms with Gasteiger partial charge < -0.3 is 14.4 Å². The van der Waals surface area contributed by atoms with E-state index in [-0.39, 0.29) is 24.6 Å². The van der Waals surface area contributed by atoms with E-state index in [0.717, 1.165) is 49.7 Å². The summed E-state index contributed by atoms with van der Waals surface area (Å²) in [5, 5.41) is 3.49. The Morgan fingerprint density at radius 1 is 0.865 bits per heavy atom. The summed E-state index contributed by atoms with van der Waals surface area (Å²) in [5.74, 6) is 0.789. The van der Waals surface area contributed by atoms with Crippen LogP contribution in [0.4, 0.5) is 10.5 Å². The molecule has 0 radical (unpaired) electrons. The fourth-order valence-electron chi connectivity index (χ4n) is 5.19. The topological polar surface area (TPSA) is 68.8 Å².